The number of likely N-dealkylation sites (tertiary alicyclic amines) is 1. The molecule has 51 heavy (non-hydrogen) atoms. The van der Waals surface area contributed by atoms with Crippen molar-refractivity contribution in [2.75, 3.05) is 6.54 Å². The zero-order valence-corrected chi connectivity index (χ0v) is 35.3. The van der Waals surface area contributed by atoms with Gasteiger partial charge in [-0.2, -0.15) is 0 Å². The number of hydrogen-bond acceptors (Lipinski definition) is 7. The summed E-state index contributed by atoms with van der Waals surface area (Å²) < 4.78 is 0. The van der Waals surface area contributed by atoms with Crippen molar-refractivity contribution in [2.24, 2.45) is 23.0 Å². The van der Waals surface area contributed by atoms with Gasteiger partial charge in [0.25, 0.3) is 5.91 Å². The minimum Gasteiger partial charge on any atom is -0.363 e. The van der Waals surface area contributed by atoms with Crippen molar-refractivity contribution in [3.63, 3.8) is 0 Å². The lowest BCUT2D eigenvalue weighted by Gasteiger charge is -2.35. The third kappa shape index (κ3) is 21.7. The fourth-order valence-corrected chi connectivity index (χ4v) is 5.45. The molecule has 0 saturated carbocycles. The summed E-state index contributed by atoms with van der Waals surface area (Å²) in [6.07, 6.45) is 9.92. The number of amides is 5. The Morgan fingerprint density at radius 1 is 0.922 bits per heavy atom. The molecule has 0 aromatic heterocycles. The van der Waals surface area contributed by atoms with E-state index in [9.17, 15) is 28.8 Å². The van der Waals surface area contributed by atoms with Gasteiger partial charge >= 0.3 is 6.03 Å². The highest BCUT2D eigenvalue weighted by Crippen LogP contribution is 2.28. The van der Waals surface area contributed by atoms with Crippen LogP contribution in [0.4, 0.5) is 4.79 Å². The molecule has 0 aromatic carbocycles. The third-order valence-electron chi connectivity index (χ3n) is 7.81. The highest BCUT2D eigenvalue weighted by Gasteiger charge is 2.39. The topological polar surface area (TPSA) is 168 Å². The number of allylic oxidation sites excluding steroid dienone is 3. The molecule has 1 fully saturated rings. The van der Waals surface area contributed by atoms with Crippen LogP contribution in [0.5, 0.6) is 0 Å². The molecular weight excluding hydrogens is 667 g/mol. The molecule has 12 heteroatoms. The lowest BCUT2D eigenvalue weighted by molar-refractivity contribution is -0.137. The van der Waals surface area contributed by atoms with Crippen LogP contribution in [-0.2, 0) is 24.0 Å². The number of Topliss-reactive ketones (excluding diaryl/α,β-unsaturated/α-hetero) is 2. The van der Waals surface area contributed by atoms with E-state index in [0.29, 0.717) is 17.7 Å². The van der Waals surface area contributed by atoms with Gasteiger partial charge in [0.1, 0.15) is 6.04 Å². The maximum absolute atomic E-state index is 13.2. The van der Waals surface area contributed by atoms with Crippen LogP contribution < -0.4 is 21.7 Å². The molecule has 1 rings (SSSR count). The van der Waals surface area contributed by atoms with Crippen LogP contribution >= 0.6 is 11.8 Å². The summed E-state index contributed by atoms with van der Waals surface area (Å²) in [7, 11) is 0. The first-order chi connectivity index (χ1) is 23.7. The van der Waals surface area contributed by atoms with E-state index in [4.69, 9.17) is 5.73 Å². The van der Waals surface area contributed by atoms with Crippen LogP contribution in [-0.4, -0.2) is 71.4 Å². The maximum atomic E-state index is 13.2. The number of nitrogens with zero attached hydrogens (tertiary/aromatic N) is 1. The highest BCUT2D eigenvalue weighted by atomic mass is 32.2. The number of thioether (sulfide) groups is 1. The SMILES string of the molecule is C/C=C(/C)S/C(=C/C)C(=O)C(NC(=O)NC(C(=O)N1CCCC1C)C(C)(C)C)C(C)C.CCC.CCC.CCC(C)CC(NC=O)C(=O)C(N)=O. The van der Waals surface area contributed by atoms with Gasteiger partial charge in [0, 0.05) is 12.6 Å². The number of nitrogens with one attached hydrogen (secondary N) is 3. The molecule has 1 saturated heterocycles. The predicted octanol–water partition coefficient (Wildman–Crippen LogP) is 7.29. The average Bonchev–Trinajstić information content (AvgIpc) is 3.49. The molecule has 1 aliphatic heterocycles. The summed E-state index contributed by atoms with van der Waals surface area (Å²) in [5, 5.41) is 8.01. The van der Waals surface area contributed by atoms with Crippen LogP contribution in [0.25, 0.3) is 0 Å². The maximum Gasteiger partial charge on any atom is 0.316 e. The van der Waals surface area contributed by atoms with Gasteiger partial charge in [0.2, 0.25) is 18.1 Å². The average molecular weight is 740 g/mol. The van der Waals surface area contributed by atoms with Crippen molar-refractivity contribution in [1.29, 1.82) is 0 Å². The Morgan fingerprint density at radius 2 is 1.45 bits per heavy atom. The Morgan fingerprint density at radius 3 is 1.80 bits per heavy atom. The van der Waals surface area contributed by atoms with Gasteiger partial charge < -0.3 is 26.6 Å². The van der Waals surface area contributed by atoms with Crippen LogP contribution in [0.2, 0.25) is 0 Å². The van der Waals surface area contributed by atoms with E-state index in [1.54, 1.807) is 6.08 Å². The number of urea groups is 1. The van der Waals surface area contributed by atoms with Crippen molar-refractivity contribution >= 4 is 47.6 Å². The molecule has 0 aromatic rings. The summed E-state index contributed by atoms with van der Waals surface area (Å²) in [6.45, 7) is 30.5. The fourth-order valence-electron chi connectivity index (χ4n) is 4.63. The quantitative estimate of drug-likeness (QED) is 0.0777. The molecule has 5 unspecified atom stereocenters. The summed E-state index contributed by atoms with van der Waals surface area (Å²) in [5.41, 5.74) is 4.38. The van der Waals surface area contributed by atoms with Crippen molar-refractivity contribution < 1.29 is 28.8 Å². The van der Waals surface area contributed by atoms with E-state index in [0.717, 1.165) is 30.7 Å². The third-order valence-corrected chi connectivity index (χ3v) is 9.02. The summed E-state index contributed by atoms with van der Waals surface area (Å²) >= 11 is 1.41. The highest BCUT2D eigenvalue weighted by molar-refractivity contribution is 8.07. The largest absolute Gasteiger partial charge is 0.363 e. The molecule has 0 spiro atoms. The zero-order chi connectivity index (χ0) is 40.5. The smallest absolute Gasteiger partial charge is 0.316 e. The number of primary amides is 1. The monoisotopic (exact) mass is 740 g/mol. The Labute approximate surface area is 314 Å². The normalized spacial score (nSPS) is 16.7. The van der Waals surface area contributed by atoms with E-state index in [-0.39, 0.29) is 29.6 Å². The second-order valence-electron chi connectivity index (χ2n) is 14.4. The Hall–Kier alpha value is -3.15. The van der Waals surface area contributed by atoms with E-state index < -0.39 is 41.3 Å². The molecule has 0 aliphatic carbocycles. The number of nitrogens with two attached hydrogens (primary N) is 1. The Bertz CT molecular complexity index is 1130. The van der Waals surface area contributed by atoms with Crippen molar-refractivity contribution in [2.45, 2.75) is 167 Å². The van der Waals surface area contributed by atoms with Crippen molar-refractivity contribution in [3.8, 4) is 0 Å². The second-order valence-corrected chi connectivity index (χ2v) is 15.7. The van der Waals surface area contributed by atoms with Crippen LogP contribution in [0.3, 0.4) is 0 Å². The standard InChI is InChI=1S/C24H41N3O3S.C9H16N2O3.2C3H8/c1-10-17(6)31-18(11-2)20(28)19(15(3)4)25-23(30)26-21(24(7,8)9)22(29)27-14-12-13-16(27)5;1-3-6(2)4-7(11-5-12)8(13)9(10)14;2*1-3-2/h10-11,15-16,19,21H,12-14H2,1-9H3,(H2,25,26,30);5-7H,3-4H2,1-2H3,(H2,10,14)(H,11,12);2*3H2,1-2H3/b17-10-,18-11+;;;. The molecule has 5 amide bonds. The lowest BCUT2D eigenvalue weighted by Crippen LogP contribution is -2.59. The molecule has 0 bridgehead atoms. The minimum absolute atomic E-state index is 0.0616. The summed E-state index contributed by atoms with van der Waals surface area (Å²) in [6, 6.07) is -2.44. The van der Waals surface area contributed by atoms with Crippen LogP contribution in [0, 0.1) is 17.3 Å². The fraction of sp³-hybridized carbons (Fsp3) is 0.744. The second kappa shape index (κ2) is 28.4. The molecular formula is C39H73N5O6S. The first kappa shape index (κ1) is 52.2. The number of ketones is 2. The number of carbonyl (C=O) groups is 6. The van der Waals surface area contributed by atoms with E-state index in [1.165, 1.54) is 24.6 Å². The number of hydrogen-bond donors (Lipinski definition) is 4. The predicted molar refractivity (Wildman–Crippen MR) is 213 cm³/mol. The molecule has 296 valence electrons. The Kier molecular flexibility index (Phi) is 29.1. The first-order valence-corrected chi connectivity index (χ1v) is 19.4. The van der Waals surface area contributed by atoms with Crippen LogP contribution in [0.15, 0.2) is 22.0 Å². The first-order valence-electron chi connectivity index (χ1n) is 18.6. The lowest BCUT2D eigenvalue weighted by atomic mass is 9.85. The van der Waals surface area contributed by atoms with Gasteiger partial charge in [0.15, 0.2) is 5.78 Å². The molecule has 5 N–H and O–H groups in total. The van der Waals surface area contributed by atoms with Crippen molar-refractivity contribution in [3.05, 3.63) is 22.0 Å². The molecule has 5 atom stereocenters. The van der Waals surface area contributed by atoms with Crippen molar-refractivity contribution in [1.82, 2.24) is 20.9 Å². The van der Waals surface area contributed by atoms with Gasteiger partial charge in [0.05, 0.1) is 17.0 Å². The molecule has 0 radical (unpaired) electrons. The summed E-state index contributed by atoms with van der Waals surface area (Å²) in [4.78, 5) is 74.7. The van der Waals surface area contributed by atoms with E-state index >= 15 is 0 Å². The van der Waals surface area contributed by atoms with Gasteiger partial charge in [-0.25, -0.2) is 4.79 Å². The minimum atomic E-state index is -1.01. The molecule has 1 heterocycles. The van der Waals surface area contributed by atoms with Gasteiger partial charge in [-0.15, -0.1) is 0 Å². The molecule has 11 nitrogen and oxygen atoms in total. The van der Waals surface area contributed by atoms with Crippen LogP contribution in [0.1, 0.15) is 142 Å². The molecule has 1 aliphatic rings. The van der Waals surface area contributed by atoms with E-state index in [1.807, 2.05) is 87.1 Å². The number of carbonyl (C=O) groups excluding carboxylic acids is 6. The van der Waals surface area contributed by atoms with Gasteiger partial charge in [-0.3, -0.25) is 24.0 Å². The summed E-state index contributed by atoms with van der Waals surface area (Å²) in [5.74, 6) is -1.76. The number of rotatable bonds is 15. The Balaban J connectivity index is -0.000000953. The van der Waals surface area contributed by atoms with Gasteiger partial charge in [-0.05, 0) is 69.1 Å². The van der Waals surface area contributed by atoms with Gasteiger partial charge in [-0.1, -0.05) is 119 Å². The van der Waals surface area contributed by atoms with E-state index in [2.05, 4.69) is 43.6 Å². The zero-order valence-electron chi connectivity index (χ0n) is 34.5.